The number of halogens is 1. The molecule has 0 radical (unpaired) electrons. The number of nitrogens with zero attached hydrogens (tertiary/aromatic N) is 3. The standard InChI is InChI=1S/C17H24ClN5/c1-23-15-9-8-12(18)10-14(15)22-16(23)11-20-17(19)21-13-6-4-2-3-5-7-13/h8-10,13H,2-7,11H2,1H3,(H3,19,20,21). The van der Waals surface area contributed by atoms with Gasteiger partial charge in [-0.15, -0.1) is 0 Å². The summed E-state index contributed by atoms with van der Waals surface area (Å²) >= 11 is 6.02. The van der Waals surface area contributed by atoms with Gasteiger partial charge in [0.15, 0.2) is 5.96 Å². The molecular formula is C17H24ClN5. The van der Waals surface area contributed by atoms with Crippen molar-refractivity contribution in [3.8, 4) is 0 Å². The van der Waals surface area contributed by atoms with E-state index in [1.807, 2.05) is 29.8 Å². The number of hydrogen-bond acceptors (Lipinski definition) is 2. The first-order chi connectivity index (χ1) is 11.1. The number of guanidine groups is 1. The van der Waals surface area contributed by atoms with Crippen LogP contribution in [-0.2, 0) is 13.6 Å². The lowest BCUT2D eigenvalue weighted by molar-refractivity contribution is 0.530. The van der Waals surface area contributed by atoms with Crippen LogP contribution in [0.2, 0.25) is 5.02 Å². The third-order valence-corrected chi connectivity index (χ3v) is 4.77. The van der Waals surface area contributed by atoms with Gasteiger partial charge in [-0.2, -0.15) is 0 Å². The third kappa shape index (κ3) is 3.96. The Morgan fingerprint density at radius 2 is 2.09 bits per heavy atom. The van der Waals surface area contributed by atoms with Crippen molar-refractivity contribution in [3.63, 3.8) is 0 Å². The molecule has 0 amide bonds. The summed E-state index contributed by atoms with van der Waals surface area (Å²) in [6.45, 7) is 0.467. The van der Waals surface area contributed by atoms with E-state index in [0.29, 0.717) is 23.6 Å². The molecule has 23 heavy (non-hydrogen) atoms. The Hall–Kier alpha value is -1.75. The zero-order valence-electron chi connectivity index (χ0n) is 13.6. The highest BCUT2D eigenvalue weighted by atomic mass is 35.5. The van der Waals surface area contributed by atoms with E-state index < -0.39 is 0 Å². The molecule has 0 spiro atoms. The number of benzene rings is 1. The molecule has 2 aromatic rings. The molecule has 3 N–H and O–H groups in total. The fourth-order valence-electron chi connectivity index (χ4n) is 3.20. The highest BCUT2D eigenvalue weighted by molar-refractivity contribution is 6.31. The average molecular weight is 334 g/mol. The quantitative estimate of drug-likeness (QED) is 0.514. The van der Waals surface area contributed by atoms with Crippen molar-refractivity contribution in [1.29, 1.82) is 0 Å². The van der Waals surface area contributed by atoms with E-state index in [1.165, 1.54) is 38.5 Å². The Balaban J connectivity index is 1.67. The summed E-state index contributed by atoms with van der Waals surface area (Å²) in [6, 6.07) is 6.18. The molecule has 0 bridgehead atoms. The lowest BCUT2D eigenvalue weighted by Crippen LogP contribution is -2.39. The van der Waals surface area contributed by atoms with Gasteiger partial charge in [-0.05, 0) is 31.0 Å². The topological polar surface area (TPSA) is 68.2 Å². The van der Waals surface area contributed by atoms with Gasteiger partial charge in [-0.1, -0.05) is 37.3 Å². The maximum absolute atomic E-state index is 6.05. The van der Waals surface area contributed by atoms with Crippen molar-refractivity contribution >= 4 is 28.6 Å². The van der Waals surface area contributed by atoms with Crippen molar-refractivity contribution in [2.45, 2.75) is 51.1 Å². The largest absolute Gasteiger partial charge is 0.370 e. The van der Waals surface area contributed by atoms with E-state index in [1.54, 1.807) is 0 Å². The summed E-state index contributed by atoms with van der Waals surface area (Å²) in [6.07, 6.45) is 7.57. The third-order valence-electron chi connectivity index (χ3n) is 4.53. The zero-order chi connectivity index (χ0) is 16.2. The Bertz CT molecular complexity index is 698. The number of aryl methyl sites for hydroxylation is 1. The van der Waals surface area contributed by atoms with Crippen LogP contribution in [0.25, 0.3) is 11.0 Å². The maximum Gasteiger partial charge on any atom is 0.189 e. The Kier molecular flexibility index (Phi) is 5.06. The lowest BCUT2D eigenvalue weighted by Gasteiger charge is -2.16. The minimum Gasteiger partial charge on any atom is -0.370 e. The normalized spacial score (nSPS) is 17.4. The van der Waals surface area contributed by atoms with Gasteiger partial charge >= 0.3 is 0 Å². The van der Waals surface area contributed by atoms with Crippen molar-refractivity contribution < 1.29 is 0 Å². The summed E-state index contributed by atoms with van der Waals surface area (Å²) in [5.41, 5.74) is 7.99. The van der Waals surface area contributed by atoms with Gasteiger partial charge in [0, 0.05) is 18.1 Å². The highest BCUT2D eigenvalue weighted by Crippen LogP contribution is 2.20. The molecule has 1 aliphatic rings. The number of imidazole rings is 1. The summed E-state index contributed by atoms with van der Waals surface area (Å²) in [5.74, 6) is 1.40. The molecule has 0 atom stereocenters. The van der Waals surface area contributed by atoms with Crippen LogP contribution in [0.4, 0.5) is 0 Å². The zero-order valence-corrected chi connectivity index (χ0v) is 14.3. The molecule has 1 aromatic heterocycles. The smallest absolute Gasteiger partial charge is 0.189 e. The number of rotatable bonds is 3. The van der Waals surface area contributed by atoms with Crippen LogP contribution in [0.3, 0.4) is 0 Å². The molecule has 1 fully saturated rings. The fourth-order valence-corrected chi connectivity index (χ4v) is 3.36. The Morgan fingerprint density at radius 3 is 2.83 bits per heavy atom. The molecule has 3 rings (SSSR count). The second-order valence-corrected chi connectivity index (χ2v) is 6.69. The first-order valence-corrected chi connectivity index (χ1v) is 8.68. The molecule has 1 saturated carbocycles. The Morgan fingerprint density at radius 1 is 1.35 bits per heavy atom. The first kappa shape index (κ1) is 16.1. The van der Waals surface area contributed by atoms with Gasteiger partial charge in [0.25, 0.3) is 0 Å². The van der Waals surface area contributed by atoms with Crippen LogP contribution in [-0.4, -0.2) is 21.6 Å². The van der Waals surface area contributed by atoms with Crippen molar-refractivity contribution in [2.24, 2.45) is 17.8 Å². The van der Waals surface area contributed by atoms with E-state index >= 15 is 0 Å². The SMILES string of the molecule is Cn1c(CN=C(N)NC2CCCCCC2)nc2cc(Cl)ccc21. The molecule has 0 aliphatic heterocycles. The van der Waals surface area contributed by atoms with E-state index in [-0.39, 0.29) is 0 Å². The molecule has 1 heterocycles. The molecular weight excluding hydrogens is 310 g/mol. The van der Waals surface area contributed by atoms with Gasteiger partial charge in [0.05, 0.1) is 11.0 Å². The molecule has 124 valence electrons. The molecule has 5 nitrogen and oxygen atoms in total. The van der Waals surface area contributed by atoms with Gasteiger partial charge in [0.1, 0.15) is 12.4 Å². The molecule has 0 saturated heterocycles. The second kappa shape index (κ2) is 7.21. The molecule has 6 heteroatoms. The Labute approximate surface area is 141 Å². The van der Waals surface area contributed by atoms with Crippen LogP contribution in [0.5, 0.6) is 0 Å². The van der Waals surface area contributed by atoms with Crippen LogP contribution >= 0.6 is 11.6 Å². The van der Waals surface area contributed by atoms with Crippen LogP contribution in [0.15, 0.2) is 23.2 Å². The van der Waals surface area contributed by atoms with E-state index in [9.17, 15) is 0 Å². The highest BCUT2D eigenvalue weighted by Gasteiger charge is 2.13. The van der Waals surface area contributed by atoms with E-state index in [4.69, 9.17) is 17.3 Å². The lowest BCUT2D eigenvalue weighted by atomic mass is 10.1. The van der Waals surface area contributed by atoms with Crippen molar-refractivity contribution in [1.82, 2.24) is 14.9 Å². The van der Waals surface area contributed by atoms with Gasteiger partial charge in [-0.25, -0.2) is 9.98 Å². The number of aromatic nitrogens is 2. The van der Waals surface area contributed by atoms with E-state index in [0.717, 1.165) is 16.9 Å². The number of aliphatic imine (C=N–C) groups is 1. The predicted octanol–water partition coefficient (Wildman–Crippen LogP) is 3.35. The first-order valence-electron chi connectivity index (χ1n) is 8.31. The molecule has 1 aromatic carbocycles. The molecule has 0 unspecified atom stereocenters. The molecule has 1 aliphatic carbocycles. The van der Waals surface area contributed by atoms with Gasteiger partial charge < -0.3 is 15.6 Å². The summed E-state index contributed by atoms with van der Waals surface area (Å²) in [7, 11) is 1.99. The minimum atomic E-state index is 0.459. The number of nitrogens with one attached hydrogen (secondary N) is 1. The summed E-state index contributed by atoms with van der Waals surface area (Å²) in [5, 5.41) is 4.06. The summed E-state index contributed by atoms with van der Waals surface area (Å²) < 4.78 is 2.04. The predicted molar refractivity (Wildman–Crippen MR) is 95.7 cm³/mol. The summed E-state index contributed by atoms with van der Waals surface area (Å²) in [4.78, 5) is 9.06. The van der Waals surface area contributed by atoms with Gasteiger partial charge in [0.2, 0.25) is 0 Å². The fraction of sp³-hybridized carbons (Fsp3) is 0.529. The van der Waals surface area contributed by atoms with Crippen LogP contribution in [0.1, 0.15) is 44.3 Å². The van der Waals surface area contributed by atoms with Crippen LogP contribution in [0, 0.1) is 0 Å². The van der Waals surface area contributed by atoms with E-state index in [2.05, 4.69) is 15.3 Å². The number of fused-ring (bicyclic) bond motifs is 1. The number of nitrogens with two attached hydrogens (primary N) is 1. The minimum absolute atomic E-state index is 0.459. The van der Waals surface area contributed by atoms with Crippen molar-refractivity contribution in [3.05, 3.63) is 29.0 Å². The number of hydrogen-bond donors (Lipinski definition) is 2. The maximum atomic E-state index is 6.05. The van der Waals surface area contributed by atoms with Gasteiger partial charge in [-0.3, -0.25) is 0 Å². The second-order valence-electron chi connectivity index (χ2n) is 6.25. The van der Waals surface area contributed by atoms with Crippen molar-refractivity contribution in [2.75, 3.05) is 0 Å². The van der Waals surface area contributed by atoms with Crippen LogP contribution < -0.4 is 11.1 Å². The monoisotopic (exact) mass is 333 g/mol. The average Bonchev–Trinajstić information content (AvgIpc) is 2.69.